The standard InChI is InChI=1S/C70H41N5O/c1-2-17-42(18-3-1)46-25-16-32-62-64(46)54-38-35-44(41-63(54)76-62)68-71-67(72-69(73-68)75-60-30-14-7-21-49(60)50-22-8-15-31-61(50)75)43-33-36-45(37-34-43)74-59-29-13-9-23-51(59)52-39-40-58-65(66(52)74)53-24-6-12-28-57(53)70(58)55-26-10-4-19-47(55)48-20-5-11-27-56(48)70/h1-41H. The molecule has 6 nitrogen and oxygen atoms in total. The molecule has 2 aliphatic carbocycles. The van der Waals surface area contributed by atoms with Crippen LogP contribution in [0.4, 0.5) is 0 Å². The summed E-state index contributed by atoms with van der Waals surface area (Å²) >= 11 is 0. The number of fused-ring (bicyclic) bond motifs is 20. The molecule has 0 saturated heterocycles. The number of aromatic nitrogens is 5. The molecule has 11 aromatic carbocycles. The summed E-state index contributed by atoms with van der Waals surface area (Å²) in [5, 5.41) is 6.83. The van der Waals surface area contributed by atoms with Crippen LogP contribution in [0, 0.1) is 0 Å². The maximum atomic E-state index is 6.65. The van der Waals surface area contributed by atoms with E-state index in [0.29, 0.717) is 17.6 Å². The first-order valence-electron chi connectivity index (χ1n) is 25.9. The van der Waals surface area contributed by atoms with Crippen molar-refractivity contribution in [1.82, 2.24) is 24.1 Å². The second-order valence-electron chi connectivity index (χ2n) is 20.2. The third kappa shape index (κ3) is 5.51. The minimum Gasteiger partial charge on any atom is -0.456 e. The van der Waals surface area contributed by atoms with Crippen LogP contribution in [0.25, 0.3) is 133 Å². The van der Waals surface area contributed by atoms with E-state index in [1.54, 1.807) is 0 Å². The van der Waals surface area contributed by atoms with E-state index in [4.69, 9.17) is 19.4 Å². The molecule has 15 aromatic rings. The van der Waals surface area contributed by atoms with Crippen LogP contribution in [-0.4, -0.2) is 24.1 Å². The summed E-state index contributed by atoms with van der Waals surface area (Å²) in [5.41, 5.74) is 21.0. The molecule has 0 radical (unpaired) electrons. The zero-order valence-electron chi connectivity index (χ0n) is 40.8. The van der Waals surface area contributed by atoms with Crippen molar-refractivity contribution in [2.75, 3.05) is 0 Å². The topological polar surface area (TPSA) is 61.7 Å². The molecule has 6 heteroatoms. The van der Waals surface area contributed by atoms with Crippen molar-refractivity contribution in [2.45, 2.75) is 5.41 Å². The number of rotatable bonds is 5. The molecule has 0 fully saturated rings. The van der Waals surface area contributed by atoms with E-state index in [1.165, 1.54) is 60.8 Å². The van der Waals surface area contributed by atoms with Crippen molar-refractivity contribution in [2.24, 2.45) is 0 Å². The SMILES string of the molecule is c1ccc(-c2cccc3oc4cc(-c5nc(-c6ccc(-n7c8ccccc8c8ccc9c(c87)-c7ccccc7C97c8ccccc8-c8ccccc87)cc6)nc(-n6c7ccccc7c7ccccc76)n5)ccc4c23)cc1. The molecule has 0 atom stereocenters. The molecule has 1 spiro atoms. The molecule has 17 rings (SSSR count). The molecule has 0 bridgehead atoms. The lowest BCUT2D eigenvalue weighted by molar-refractivity contribution is 0.669. The summed E-state index contributed by atoms with van der Waals surface area (Å²) in [4.78, 5) is 16.0. The number of benzene rings is 11. The Labute approximate surface area is 436 Å². The molecule has 0 unspecified atom stereocenters. The number of nitrogens with zero attached hydrogens (tertiary/aromatic N) is 5. The minimum atomic E-state index is -0.455. The van der Waals surface area contributed by atoms with Gasteiger partial charge in [0.15, 0.2) is 11.6 Å². The molecule has 0 N–H and O–H groups in total. The lowest BCUT2D eigenvalue weighted by Crippen LogP contribution is -2.25. The molecular weight excluding hydrogens is 927 g/mol. The van der Waals surface area contributed by atoms with Crippen molar-refractivity contribution < 1.29 is 4.42 Å². The normalized spacial score (nSPS) is 13.1. The second kappa shape index (κ2) is 15.4. The Kier molecular flexibility index (Phi) is 8.39. The summed E-state index contributed by atoms with van der Waals surface area (Å²) in [6, 6.07) is 89.6. The van der Waals surface area contributed by atoms with E-state index >= 15 is 0 Å². The highest BCUT2D eigenvalue weighted by molar-refractivity contribution is 6.17. The minimum absolute atomic E-state index is 0.455. The van der Waals surface area contributed by atoms with E-state index < -0.39 is 5.41 Å². The molecule has 4 heterocycles. The first-order valence-corrected chi connectivity index (χ1v) is 25.9. The first-order chi connectivity index (χ1) is 37.7. The van der Waals surface area contributed by atoms with E-state index in [2.05, 4.69) is 246 Å². The van der Waals surface area contributed by atoms with Crippen molar-refractivity contribution in [3.05, 3.63) is 271 Å². The fourth-order valence-corrected chi connectivity index (χ4v) is 13.3. The lowest BCUT2D eigenvalue weighted by atomic mass is 9.70. The maximum Gasteiger partial charge on any atom is 0.238 e. The van der Waals surface area contributed by atoms with E-state index in [9.17, 15) is 0 Å². The van der Waals surface area contributed by atoms with Crippen LogP contribution in [0.5, 0.6) is 0 Å². The van der Waals surface area contributed by atoms with Crippen molar-refractivity contribution in [3.8, 4) is 67.8 Å². The van der Waals surface area contributed by atoms with Gasteiger partial charge in [0.1, 0.15) is 11.2 Å². The zero-order valence-corrected chi connectivity index (χ0v) is 40.8. The van der Waals surface area contributed by atoms with E-state index in [0.717, 1.165) is 77.2 Å². The Morgan fingerprint density at radius 2 is 0.855 bits per heavy atom. The summed E-state index contributed by atoms with van der Waals surface area (Å²) in [5.74, 6) is 1.66. The fraction of sp³-hybridized carbons (Fsp3) is 0.0143. The van der Waals surface area contributed by atoms with Crippen molar-refractivity contribution in [3.63, 3.8) is 0 Å². The zero-order chi connectivity index (χ0) is 49.6. The number of hydrogen-bond acceptors (Lipinski definition) is 4. The highest BCUT2D eigenvalue weighted by Crippen LogP contribution is 2.64. The van der Waals surface area contributed by atoms with Crippen molar-refractivity contribution >= 4 is 65.6 Å². The van der Waals surface area contributed by atoms with Gasteiger partial charge in [-0.05, 0) is 111 Å². The predicted octanol–water partition coefficient (Wildman–Crippen LogP) is 17.3. The Bertz CT molecular complexity index is 4840. The van der Waals surface area contributed by atoms with Crippen LogP contribution in [-0.2, 0) is 5.41 Å². The van der Waals surface area contributed by atoms with Crippen LogP contribution in [0.3, 0.4) is 0 Å². The van der Waals surface area contributed by atoms with Crippen LogP contribution in [0.15, 0.2) is 253 Å². The predicted molar refractivity (Wildman–Crippen MR) is 308 cm³/mol. The largest absolute Gasteiger partial charge is 0.456 e. The van der Waals surface area contributed by atoms with Gasteiger partial charge in [-0.2, -0.15) is 9.97 Å². The monoisotopic (exact) mass is 967 g/mol. The van der Waals surface area contributed by atoms with E-state index in [1.807, 2.05) is 12.1 Å². The van der Waals surface area contributed by atoms with Crippen LogP contribution in [0.2, 0.25) is 0 Å². The van der Waals surface area contributed by atoms with Gasteiger partial charge in [-0.1, -0.05) is 188 Å². The van der Waals surface area contributed by atoms with Gasteiger partial charge in [-0.15, -0.1) is 0 Å². The van der Waals surface area contributed by atoms with Crippen LogP contribution >= 0.6 is 0 Å². The van der Waals surface area contributed by atoms with Crippen molar-refractivity contribution in [1.29, 1.82) is 0 Å². The molecular formula is C70H41N5O. The quantitative estimate of drug-likeness (QED) is 0.172. The van der Waals surface area contributed by atoms with Gasteiger partial charge in [0.05, 0.1) is 27.5 Å². The maximum absolute atomic E-state index is 6.65. The highest BCUT2D eigenvalue weighted by Gasteiger charge is 2.52. The highest BCUT2D eigenvalue weighted by atomic mass is 16.3. The summed E-state index contributed by atoms with van der Waals surface area (Å²) in [6.07, 6.45) is 0. The summed E-state index contributed by atoms with van der Waals surface area (Å²) in [7, 11) is 0. The average molecular weight is 968 g/mol. The molecule has 2 aliphatic rings. The summed E-state index contributed by atoms with van der Waals surface area (Å²) in [6.45, 7) is 0. The van der Waals surface area contributed by atoms with Gasteiger partial charge in [0.25, 0.3) is 0 Å². The third-order valence-electron chi connectivity index (χ3n) is 16.4. The fourth-order valence-electron chi connectivity index (χ4n) is 13.3. The number of hydrogen-bond donors (Lipinski definition) is 0. The van der Waals surface area contributed by atoms with Gasteiger partial charge in [-0.25, -0.2) is 4.98 Å². The smallest absolute Gasteiger partial charge is 0.238 e. The second-order valence-corrected chi connectivity index (χ2v) is 20.2. The van der Waals surface area contributed by atoms with Gasteiger partial charge in [0.2, 0.25) is 5.95 Å². The van der Waals surface area contributed by atoms with Gasteiger partial charge < -0.3 is 8.98 Å². The number of para-hydroxylation sites is 3. The van der Waals surface area contributed by atoms with Gasteiger partial charge in [0, 0.05) is 54.7 Å². The first kappa shape index (κ1) is 41.3. The Morgan fingerprint density at radius 3 is 1.54 bits per heavy atom. The average Bonchev–Trinajstić information content (AvgIpc) is 4.48. The van der Waals surface area contributed by atoms with Crippen LogP contribution < -0.4 is 0 Å². The van der Waals surface area contributed by atoms with Gasteiger partial charge in [-0.3, -0.25) is 4.57 Å². The Hall–Kier alpha value is -10.2. The molecule has 352 valence electrons. The number of furan rings is 1. The molecule has 0 aliphatic heterocycles. The lowest BCUT2D eigenvalue weighted by Gasteiger charge is -2.30. The third-order valence-corrected chi connectivity index (χ3v) is 16.4. The molecule has 0 amide bonds. The van der Waals surface area contributed by atoms with Crippen LogP contribution in [0.1, 0.15) is 22.3 Å². The van der Waals surface area contributed by atoms with Gasteiger partial charge >= 0.3 is 0 Å². The molecule has 4 aromatic heterocycles. The Morgan fingerprint density at radius 1 is 0.329 bits per heavy atom. The Balaban J connectivity index is 0.867. The molecule has 76 heavy (non-hydrogen) atoms. The van der Waals surface area contributed by atoms with E-state index in [-0.39, 0.29) is 0 Å². The molecule has 0 saturated carbocycles. The summed E-state index contributed by atoms with van der Waals surface area (Å²) < 4.78 is 11.3.